The van der Waals surface area contributed by atoms with Crippen LogP contribution in [-0.2, 0) is 6.54 Å². The molecule has 0 radical (unpaired) electrons. The zero-order valence-electron chi connectivity index (χ0n) is 15.8. The molecule has 1 heterocycles. The summed E-state index contributed by atoms with van der Waals surface area (Å²) in [6, 6.07) is 12.9. The molecule has 140 valence electrons. The highest BCUT2D eigenvalue weighted by atomic mass is 16.5. The van der Waals surface area contributed by atoms with Crippen LogP contribution in [0.15, 0.2) is 42.5 Å². The molecule has 0 spiro atoms. The van der Waals surface area contributed by atoms with Crippen molar-refractivity contribution in [2.45, 2.75) is 13.5 Å². The van der Waals surface area contributed by atoms with Crippen molar-refractivity contribution in [3.05, 3.63) is 59.3 Å². The maximum Gasteiger partial charge on any atom is 0.253 e. The minimum absolute atomic E-state index is 0.185. The van der Waals surface area contributed by atoms with Crippen molar-refractivity contribution in [3.63, 3.8) is 0 Å². The molecule has 0 atom stereocenters. The number of aromatic nitrogens is 1. The van der Waals surface area contributed by atoms with Crippen molar-refractivity contribution >= 4 is 16.8 Å². The molecule has 0 saturated carbocycles. The number of amides is 1. The first-order valence-corrected chi connectivity index (χ1v) is 8.50. The minimum Gasteiger partial charge on any atom is -0.497 e. The normalized spacial score (nSPS) is 10.5. The van der Waals surface area contributed by atoms with E-state index < -0.39 is 0 Å². The topological polar surface area (TPSA) is 69.7 Å². The van der Waals surface area contributed by atoms with Crippen molar-refractivity contribution in [1.82, 2.24) is 10.3 Å². The van der Waals surface area contributed by atoms with E-state index in [0.29, 0.717) is 29.3 Å². The van der Waals surface area contributed by atoms with Gasteiger partial charge in [0.15, 0.2) is 0 Å². The number of carbonyl (C=O) groups excluding carboxylic acids is 1. The second-order valence-electron chi connectivity index (χ2n) is 6.04. The lowest BCUT2D eigenvalue weighted by molar-refractivity contribution is 0.0950. The maximum atomic E-state index is 12.7. The molecule has 27 heavy (non-hydrogen) atoms. The number of nitrogens with zero attached hydrogens (tertiary/aromatic N) is 1. The highest BCUT2D eigenvalue weighted by molar-refractivity contribution is 5.98. The Kier molecular flexibility index (Phi) is 5.45. The Morgan fingerprint density at radius 3 is 2.37 bits per heavy atom. The number of benzene rings is 2. The Hall–Kier alpha value is -3.28. The van der Waals surface area contributed by atoms with Crippen molar-refractivity contribution in [2.75, 3.05) is 21.3 Å². The quantitative estimate of drug-likeness (QED) is 0.723. The summed E-state index contributed by atoms with van der Waals surface area (Å²) < 4.78 is 15.8. The first-order valence-electron chi connectivity index (χ1n) is 8.50. The third-order valence-corrected chi connectivity index (χ3v) is 4.39. The van der Waals surface area contributed by atoms with Gasteiger partial charge in [0.25, 0.3) is 5.91 Å². The molecule has 3 aromatic rings. The van der Waals surface area contributed by atoms with Crippen LogP contribution in [-0.4, -0.2) is 32.2 Å². The van der Waals surface area contributed by atoms with Crippen molar-refractivity contribution in [1.29, 1.82) is 0 Å². The van der Waals surface area contributed by atoms with Crippen LogP contribution in [0, 0.1) is 6.92 Å². The summed E-state index contributed by atoms with van der Waals surface area (Å²) in [5.74, 6) is 1.91. The first kappa shape index (κ1) is 18.5. The molecule has 0 unspecified atom stereocenters. The van der Waals surface area contributed by atoms with Crippen molar-refractivity contribution in [2.24, 2.45) is 0 Å². The van der Waals surface area contributed by atoms with Crippen LogP contribution in [0.3, 0.4) is 0 Å². The number of carbonyl (C=O) groups is 1. The van der Waals surface area contributed by atoms with E-state index in [1.165, 1.54) is 0 Å². The van der Waals surface area contributed by atoms with Gasteiger partial charge in [-0.15, -0.1) is 0 Å². The van der Waals surface area contributed by atoms with E-state index in [4.69, 9.17) is 14.2 Å². The third-order valence-electron chi connectivity index (χ3n) is 4.39. The predicted octanol–water partition coefficient (Wildman–Crippen LogP) is 3.50. The van der Waals surface area contributed by atoms with Gasteiger partial charge >= 0.3 is 0 Å². The number of ether oxygens (including phenoxy) is 3. The van der Waals surface area contributed by atoms with Crippen LogP contribution >= 0.6 is 0 Å². The molecule has 0 aliphatic heterocycles. The highest BCUT2D eigenvalue weighted by Crippen LogP contribution is 2.25. The molecule has 0 aliphatic carbocycles. The lowest BCUT2D eigenvalue weighted by Gasteiger charge is -2.12. The number of pyridine rings is 1. The molecule has 6 heteroatoms. The molecule has 0 fully saturated rings. The average Bonchev–Trinajstić information content (AvgIpc) is 2.70. The zero-order chi connectivity index (χ0) is 19.4. The molecule has 3 rings (SSSR count). The summed E-state index contributed by atoms with van der Waals surface area (Å²) in [7, 11) is 4.80. The van der Waals surface area contributed by atoms with E-state index in [9.17, 15) is 4.79 Å². The number of methoxy groups -OCH3 is 3. The van der Waals surface area contributed by atoms with Crippen LogP contribution in [0.2, 0.25) is 0 Å². The summed E-state index contributed by atoms with van der Waals surface area (Å²) in [4.78, 5) is 17.2. The molecule has 0 aliphatic rings. The Morgan fingerprint density at radius 2 is 1.67 bits per heavy atom. The van der Waals surface area contributed by atoms with Gasteiger partial charge < -0.3 is 19.5 Å². The minimum atomic E-state index is -0.185. The fraction of sp³-hybridized carbons (Fsp3) is 0.238. The summed E-state index contributed by atoms with van der Waals surface area (Å²) in [5.41, 5.74) is 2.86. The van der Waals surface area contributed by atoms with Gasteiger partial charge in [-0.2, -0.15) is 0 Å². The van der Waals surface area contributed by atoms with E-state index in [1.807, 2.05) is 43.3 Å². The molecular weight excluding hydrogens is 344 g/mol. The fourth-order valence-electron chi connectivity index (χ4n) is 2.87. The molecule has 1 N–H and O–H groups in total. The van der Waals surface area contributed by atoms with Gasteiger partial charge in [-0.25, -0.2) is 0 Å². The van der Waals surface area contributed by atoms with E-state index in [0.717, 1.165) is 22.2 Å². The maximum absolute atomic E-state index is 12.7. The van der Waals surface area contributed by atoms with Crippen LogP contribution in [0.4, 0.5) is 0 Å². The molecular formula is C21H22N2O4. The standard InChI is InChI=1S/C21H22N2O4/c1-13-18(9-14-5-7-16(25-2)10-19(14)23-13)21(24)22-12-15-6-8-17(26-3)11-20(15)27-4/h5-11H,12H2,1-4H3,(H,22,24). The van der Waals surface area contributed by atoms with Crippen LogP contribution in [0.5, 0.6) is 17.2 Å². The fourth-order valence-corrected chi connectivity index (χ4v) is 2.87. The predicted molar refractivity (Wildman–Crippen MR) is 104 cm³/mol. The molecule has 1 aromatic heterocycles. The third kappa shape index (κ3) is 3.95. The van der Waals surface area contributed by atoms with Crippen molar-refractivity contribution in [3.8, 4) is 17.2 Å². The summed E-state index contributed by atoms with van der Waals surface area (Å²) in [6.07, 6.45) is 0. The smallest absolute Gasteiger partial charge is 0.253 e. The van der Waals surface area contributed by atoms with Gasteiger partial charge in [-0.1, -0.05) is 0 Å². The van der Waals surface area contributed by atoms with Crippen LogP contribution < -0.4 is 19.5 Å². The van der Waals surface area contributed by atoms with E-state index in [-0.39, 0.29) is 5.91 Å². The molecule has 2 aromatic carbocycles. The van der Waals surface area contributed by atoms with Gasteiger partial charge in [0, 0.05) is 29.6 Å². The van der Waals surface area contributed by atoms with Gasteiger partial charge in [-0.05, 0) is 37.3 Å². The number of hydrogen-bond donors (Lipinski definition) is 1. The number of hydrogen-bond acceptors (Lipinski definition) is 5. The van der Waals surface area contributed by atoms with Crippen LogP contribution in [0.1, 0.15) is 21.6 Å². The van der Waals surface area contributed by atoms with Crippen molar-refractivity contribution < 1.29 is 19.0 Å². The number of rotatable bonds is 6. The summed E-state index contributed by atoms with van der Waals surface area (Å²) >= 11 is 0. The molecule has 6 nitrogen and oxygen atoms in total. The second kappa shape index (κ2) is 7.95. The number of nitrogens with one attached hydrogen (secondary N) is 1. The molecule has 0 saturated heterocycles. The van der Waals surface area contributed by atoms with Gasteiger partial charge in [-0.3, -0.25) is 9.78 Å². The first-order chi connectivity index (χ1) is 13.0. The van der Waals surface area contributed by atoms with E-state index in [1.54, 1.807) is 27.4 Å². The van der Waals surface area contributed by atoms with Gasteiger partial charge in [0.2, 0.25) is 0 Å². The summed E-state index contributed by atoms with van der Waals surface area (Å²) in [5, 5.41) is 3.81. The number of fused-ring (bicyclic) bond motifs is 1. The Labute approximate surface area is 158 Å². The Balaban J connectivity index is 1.81. The Bertz CT molecular complexity index is 985. The average molecular weight is 366 g/mol. The van der Waals surface area contributed by atoms with E-state index >= 15 is 0 Å². The lowest BCUT2D eigenvalue weighted by Crippen LogP contribution is -2.24. The lowest BCUT2D eigenvalue weighted by atomic mass is 10.1. The summed E-state index contributed by atoms with van der Waals surface area (Å²) in [6.45, 7) is 2.16. The largest absolute Gasteiger partial charge is 0.497 e. The molecule has 1 amide bonds. The second-order valence-corrected chi connectivity index (χ2v) is 6.04. The highest BCUT2D eigenvalue weighted by Gasteiger charge is 2.13. The number of aryl methyl sites for hydroxylation is 1. The van der Waals surface area contributed by atoms with Gasteiger partial charge in [0.05, 0.1) is 38.1 Å². The van der Waals surface area contributed by atoms with Gasteiger partial charge in [0.1, 0.15) is 17.2 Å². The monoisotopic (exact) mass is 366 g/mol. The SMILES string of the molecule is COc1ccc(CNC(=O)c2cc3ccc(OC)cc3nc2C)c(OC)c1. The Morgan fingerprint density at radius 1 is 0.963 bits per heavy atom. The van der Waals surface area contributed by atoms with Crippen LogP contribution in [0.25, 0.3) is 10.9 Å². The zero-order valence-corrected chi connectivity index (χ0v) is 15.8. The molecule has 0 bridgehead atoms. The van der Waals surface area contributed by atoms with E-state index in [2.05, 4.69) is 10.3 Å².